The average Bonchev–Trinajstić information content (AvgIpc) is 3.11. The molecule has 15 heteroatoms. The highest BCUT2D eigenvalue weighted by Gasteiger charge is 2.18. The van der Waals surface area contributed by atoms with Gasteiger partial charge in [-0.05, 0) is 43.2 Å². The highest BCUT2D eigenvalue weighted by molar-refractivity contribution is 5.82. The molecule has 6 rings (SSSR count). The summed E-state index contributed by atoms with van der Waals surface area (Å²) >= 11 is 0. The van der Waals surface area contributed by atoms with Crippen molar-refractivity contribution >= 4 is 23.6 Å². The number of nitrogens with zero attached hydrogens (tertiary/aromatic N) is 2. The van der Waals surface area contributed by atoms with E-state index < -0.39 is 17.1 Å². The van der Waals surface area contributed by atoms with E-state index in [4.69, 9.17) is 32.8 Å². The smallest absolute Gasteiger partial charge is 0.351 e. The van der Waals surface area contributed by atoms with Crippen molar-refractivity contribution in [2.75, 3.05) is 53.9 Å². The number of unbranched alkanes of at least 4 members (excludes halogenated alkanes) is 1. The molecule has 3 aromatic rings. The van der Waals surface area contributed by atoms with Crippen molar-refractivity contribution in [1.29, 1.82) is 0 Å². The maximum absolute atomic E-state index is 14.2. The number of aromatic nitrogens is 4. The van der Waals surface area contributed by atoms with Gasteiger partial charge in [0.15, 0.2) is 11.6 Å². The van der Waals surface area contributed by atoms with Crippen LogP contribution in [0.2, 0.25) is 0 Å². The second-order valence-corrected chi connectivity index (χ2v) is 10.7. The first-order valence-corrected chi connectivity index (χ1v) is 16.4. The van der Waals surface area contributed by atoms with Gasteiger partial charge in [-0.1, -0.05) is 20.4 Å². The summed E-state index contributed by atoms with van der Waals surface area (Å²) in [4.78, 5) is 47.3. The van der Waals surface area contributed by atoms with Crippen LogP contribution in [0.25, 0.3) is 35.1 Å². The van der Waals surface area contributed by atoms with Crippen LogP contribution in [0.4, 0.5) is 4.39 Å². The molecule has 0 saturated carbocycles. The fraction of sp³-hybridized carbons (Fsp3) is 0.361. The quantitative estimate of drug-likeness (QED) is 0.125. The fourth-order valence-corrected chi connectivity index (χ4v) is 4.68. The molecule has 0 amide bonds. The van der Waals surface area contributed by atoms with Gasteiger partial charge in [0.05, 0.1) is 26.4 Å². The van der Waals surface area contributed by atoms with Crippen LogP contribution in [-0.2, 0) is 14.2 Å². The van der Waals surface area contributed by atoms with Gasteiger partial charge < -0.3 is 37.8 Å². The second-order valence-electron chi connectivity index (χ2n) is 10.7. The van der Waals surface area contributed by atoms with Gasteiger partial charge in [-0.15, -0.1) is 0 Å². The SMILES string of the molecule is C=c1nc2c(c(=O)[nH]1)=Cc1cc(F)c(OCCCCOC)cc1O2.CC.COCCOCCCOc1ccc2cc3c(=O)[nH]c(=O)nc-3oc2c1. The third-order valence-electron chi connectivity index (χ3n) is 7.06. The summed E-state index contributed by atoms with van der Waals surface area (Å²) in [5.41, 5.74) is -0.263. The molecule has 0 saturated heterocycles. The van der Waals surface area contributed by atoms with E-state index in [0.717, 1.165) is 19.3 Å². The number of halogens is 1. The summed E-state index contributed by atoms with van der Waals surface area (Å²) in [6.07, 6.45) is 3.86. The Morgan fingerprint density at radius 1 is 0.824 bits per heavy atom. The average molecular weight is 709 g/mol. The molecular formula is C36H41FN4O10. The van der Waals surface area contributed by atoms with E-state index in [1.807, 2.05) is 13.8 Å². The number of hydrogen-bond donors (Lipinski definition) is 2. The maximum atomic E-state index is 14.2. The number of rotatable bonds is 14. The first kappa shape index (κ1) is 38.4. The number of aromatic amines is 2. The van der Waals surface area contributed by atoms with Gasteiger partial charge in [0.1, 0.15) is 33.3 Å². The van der Waals surface area contributed by atoms with Gasteiger partial charge in [0.25, 0.3) is 11.1 Å². The van der Waals surface area contributed by atoms with Crippen molar-refractivity contribution in [3.05, 3.63) is 89.7 Å². The molecule has 2 N–H and O–H groups in total. The number of fused-ring (bicyclic) bond motifs is 4. The zero-order chi connectivity index (χ0) is 36.8. The minimum absolute atomic E-state index is 0.00458. The Bertz CT molecular complexity index is 2170. The summed E-state index contributed by atoms with van der Waals surface area (Å²) in [7, 11) is 3.26. The molecule has 2 aromatic carbocycles. The second kappa shape index (κ2) is 19.1. The lowest BCUT2D eigenvalue weighted by Gasteiger charge is -2.15. The van der Waals surface area contributed by atoms with Gasteiger partial charge in [-0.3, -0.25) is 14.6 Å². The van der Waals surface area contributed by atoms with E-state index >= 15 is 0 Å². The van der Waals surface area contributed by atoms with Crippen molar-refractivity contribution < 1.29 is 37.2 Å². The Balaban J connectivity index is 0.000000218. The third kappa shape index (κ3) is 10.6. The number of methoxy groups -OCH3 is 2. The van der Waals surface area contributed by atoms with E-state index in [-0.39, 0.29) is 39.3 Å². The molecule has 272 valence electrons. The number of hydrogen-bond acceptors (Lipinski definition) is 12. The summed E-state index contributed by atoms with van der Waals surface area (Å²) in [5.74, 6) is 0.747. The predicted octanol–water partition coefficient (Wildman–Crippen LogP) is 3.50. The van der Waals surface area contributed by atoms with Crippen molar-refractivity contribution in [2.24, 2.45) is 0 Å². The van der Waals surface area contributed by atoms with Crippen LogP contribution in [0.5, 0.6) is 23.1 Å². The lowest BCUT2D eigenvalue weighted by atomic mass is 10.1. The lowest BCUT2D eigenvalue weighted by molar-refractivity contribution is 0.0644. The van der Waals surface area contributed by atoms with E-state index in [1.165, 1.54) is 18.2 Å². The molecule has 1 aromatic heterocycles. The van der Waals surface area contributed by atoms with Crippen LogP contribution in [0, 0.1) is 5.82 Å². The molecule has 0 aliphatic carbocycles. The van der Waals surface area contributed by atoms with Crippen molar-refractivity contribution in [3.8, 4) is 34.6 Å². The van der Waals surface area contributed by atoms with Crippen LogP contribution < -0.4 is 41.7 Å². The molecule has 0 atom stereocenters. The largest absolute Gasteiger partial charge is 0.493 e. The number of nitrogens with one attached hydrogen (secondary N) is 2. The molecule has 51 heavy (non-hydrogen) atoms. The molecule has 0 bridgehead atoms. The van der Waals surface area contributed by atoms with Gasteiger partial charge in [0, 0.05) is 56.9 Å². The number of H-pyrrole nitrogens is 2. The zero-order valence-corrected chi connectivity index (χ0v) is 29.0. The maximum Gasteiger partial charge on any atom is 0.351 e. The van der Waals surface area contributed by atoms with Crippen LogP contribution in [0.3, 0.4) is 0 Å². The van der Waals surface area contributed by atoms with Crippen molar-refractivity contribution in [2.45, 2.75) is 33.1 Å². The lowest BCUT2D eigenvalue weighted by Crippen LogP contribution is -2.37. The molecular weight excluding hydrogens is 667 g/mol. The fourth-order valence-electron chi connectivity index (χ4n) is 4.68. The Morgan fingerprint density at radius 3 is 2.37 bits per heavy atom. The van der Waals surface area contributed by atoms with Crippen LogP contribution in [-0.4, -0.2) is 73.8 Å². The van der Waals surface area contributed by atoms with Crippen molar-refractivity contribution in [1.82, 2.24) is 19.9 Å². The topological polar surface area (TPSA) is 177 Å². The Kier molecular flexibility index (Phi) is 14.4. The first-order valence-electron chi connectivity index (χ1n) is 16.4. The standard InChI is InChI=1S/C17H17FN2O4.C17H18N2O6.C2H6/c1-10-19-16(21)12-7-11-8-13(18)15(23-6-4-3-5-22-2)9-14(11)24-17(12)20-10;1-22-7-8-23-5-2-6-24-12-4-3-11-9-13-15(20)18-17(21)19-16(13)25-14(11)10-12;1-2/h7-9H,1,3-6H2,2H3,(H,19,21);3-4,9-10H,2,5-8H2,1H3,(H,18,20,21);1-2H3. The summed E-state index contributed by atoms with van der Waals surface area (Å²) in [5, 5.41) is 0.955. The van der Waals surface area contributed by atoms with E-state index in [2.05, 4.69) is 26.5 Å². The molecule has 3 aliphatic rings. The molecule has 0 radical (unpaired) electrons. The third-order valence-corrected chi connectivity index (χ3v) is 7.06. The van der Waals surface area contributed by atoms with Gasteiger partial charge in [0.2, 0.25) is 11.8 Å². The van der Waals surface area contributed by atoms with Crippen LogP contribution >= 0.6 is 0 Å². The van der Waals surface area contributed by atoms with E-state index in [0.29, 0.717) is 67.7 Å². The Hall–Kier alpha value is -5.38. The molecule has 0 unspecified atom stereocenters. The van der Waals surface area contributed by atoms with E-state index in [1.54, 1.807) is 38.5 Å². The molecule has 14 nitrogen and oxygen atoms in total. The van der Waals surface area contributed by atoms with Gasteiger partial charge in [-0.2, -0.15) is 9.97 Å². The zero-order valence-electron chi connectivity index (χ0n) is 29.0. The molecule has 3 aliphatic heterocycles. The van der Waals surface area contributed by atoms with E-state index in [9.17, 15) is 18.8 Å². The Labute approximate surface area is 291 Å². The highest BCUT2D eigenvalue weighted by atomic mass is 19.1. The number of benzene rings is 2. The van der Waals surface area contributed by atoms with Crippen LogP contribution in [0.15, 0.2) is 55.2 Å². The molecule has 0 fully saturated rings. The normalized spacial score (nSPS) is 11.2. The van der Waals surface area contributed by atoms with Crippen molar-refractivity contribution in [3.63, 3.8) is 0 Å². The van der Waals surface area contributed by atoms with Crippen LogP contribution in [0.1, 0.15) is 38.7 Å². The molecule has 4 heterocycles. The predicted molar refractivity (Wildman–Crippen MR) is 188 cm³/mol. The summed E-state index contributed by atoms with van der Waals surface area (Å²) in [6.45, 7) is 10.8. The summed E-state index contributed by atoms with van der Waals surface area (Å²) < 4.78 is 51.7. The minimum Gasteiger partial charge on any atom is -0.493 e. The first-order chi connectivity index (χ1) is 24.7. The monoisotopic (exact) mass is 708 g/mol. The van der Waals surface area contributed by atoms with Gasteiger partial charge >= 0.3 is 5.69 Å². The highest BCUT2D eigenvalue weighted by Crippen LogP contribution is 2.33. The molecule has 0 spiro atoms. The van der Waals surface area contributed by atoms with Gasteiger partial charge in [-0.25, -0.2) is 9.18 Å². The minimum atomic E-state index is -0.735. The summed E-state index contributed by atoms with van der Waals surface area (Å²) in [6, 6.07) is 9.65. The number of ether oxygens (including phenoxy) is 6. The Morgan fingerprint density at radius 2 is 1.59 bits per heavy atom.